The lowest BCUT2D eigenvalue weighted by molar-refractivity contribution is -0.113. The van der Waals surface area contributed by atoms with E-state index in [9.17, 15) is 14.7 Å². The Bertz CT molecular complexity index is 1010. The Balaban J connectivity index is 2.16. The molecule has 3 N–H and O–H groups in total. The van der Waals surface area contributed by atoms with Crippen molar-refractivity contribution in [3.63, 3.8) is 0 Å². The van der Waals surface area contributed by atoms with E-state index in [4.69, 9.17) is 5.73 Å². The summed E-state index contributed by atoms with van der Waals surface area (Å²) in [5.41, 5.74) is 7.95. The fourth-order valence-electron chi connectivity index (χ4n) is 2.86. The molecule has 0 aliphatic heterocycles. The van der Waals surface area contributed by atoms with Crippen LogP contribution in [-0.4, -0.2) is 32.5 Å². The normalized spacial score (nSPS) is 16.0. The van der Waals surface area contributed by atoms with E-state index in [1.165, 1.54) is 16.8 Å². The lowest BCUT2D eigenvalue weighted by Crippen LogP contribution is -2.20. The SMILES string of the molecule is Cc1c(/N=C2\C=C(O)C(=O)C=C2CCN)c(=O)n(-c2ccccc2)n1C. The van der Waals surface area contributed by atoms with Gasteiger partial charge in [-0.25, -0.2) is 9.67 Å². The van der Waals surface area contributed by atoms with E-state index in [-0.39, 0.29) is 11.2 Å². The first-order valence-corrected chi connectivity index (χ1v) is 8.22. The van der Waals surface area contributed by atoms with Gasteiger partial charge in [0, 0.05) is 13.1 Å². The number of carbonyl (C=O) groups excluding carboxylic acids is 1. The zero-order valence-electron chi connectivity index (χ0n) is 14.6. The summed E-state index contributed by atoms with van der Waals surface area (Å²) in [4.78, 5) is 29.1. The standard InChI is InChI=1S/C19H20N4O3/c1-12-18(19(26)23(22(12)2)14-6-4-3-5-7-14)21-15-11-17(25)16(24)10-13(15)8-9-20/h3-7,10-11,25H,8-9,20H2,1-2H3/b21-15+. The quantitative estimate of drug-likeness (QED) is 0.820. The summed E-state index contributed by atoms with van der Waals surface area (Å²) < 4.78 is 3.25. The van der Waals surface area contributed by atoms with Gasteiger partial charge in [-0.2, -0.15) is 0 Å². The fraction of sp³-hybridized carbons (Fsp3) is 0.211. The number of hydrogen-bond acceptors (Lipinski definition) is 5. The highest BCUT2D eigenvalue weighted by Gasteiger charge is 2.21. The summed E-state index contributed by atoms with van der Waals surface area (Å²) in [6.07, 6.45) is 3.02. The average molecular weight is 352 g/mol. The molecule has 0 amide bonds. The van der Waals surface area contributed by atoms with Gasteiger partial charge in [0.1, 0.15) is 0 Å². The molecular weight excluding hydrogens is 332 g/mol. The van der Waals surface area contributed by atoms with Crippen molar-refractivity contribution in [2.45, 2.75) is 13.3 Å². The van der Waals surface area contributed by atoms with Crippen molar-refractivity contribution < 1.29 is 9.90 Å². The van der Waals surface area contributed by atoms with E-state index in [1.807, 2.05) is 30.3 Å². The van der Waals surface area contributed by atoms with Gasteiger partial charge in [-0.05, 0) is 43.7 Å². The van der Waals surface area contributed by atoms with Crippen molar-refractivity contribution in [2.75, 3.05) is 6.54 Å². The van der Waals surface area contributed by atoms with Crippen molar-refractivity contribution in [3.05, 3.63) is 69.9 Å². The van der Waals surface area contributed by atoms with E-state index < -0.39 is 11.5 Å². The number of hydrogen-bond donors (Lipinski definition) is 2. The molecule has 0 unspecified atom stereocenters. The van der Waals surface area contributed by atoms with E-state index in [2.05, 4.69) is 4.99 Å². The molecule has 0 spiro atoms. The number of aromatic nitrogens is 2. The molecule has 0 fully saturated rings. The molecule has 0 saturated carbocycles. The summed E-state index contributed by atoms with van der Waals surface area (Å²) in [6, 6.07) is 9.25. The maximum absolute atomic E-state index is 12.9. The van der Waals surface area contributed by atoms with Crippen LogP contribution in [0, 0.1) is 6.92 Å². The third-order valence-electron chi connectivity index (χ3n) is 4.33. The van der Waals surface area contributed by atoms with Crippen molar-refractivity contribution in [1.29, 1.82) is 0 Å². The predicted octanol–water partition coefficient (Wildman–Crippen LogP) is 1.86. The number of aliphatic hydroxyl groups excluding tert-OH is 1. The van der Waals surface area contributed by atoms with Gasteiger partial charge in [-0.3, -0.25) is 14.3 Å². The zero-order valence-corrected chi connectivity index (χ0v) is 14.6. The lowest BCUT2D eigenvalue weighted by Gasteiger charge is -2.11. The predicted molar refractivity (Wildman–Crippen MR) is 100 cm³/mol. The summed E-state index contributed by atoms with van der Waals surface area (Å²) >= 11 is 0. The minimum atomic E-state index is -0.487. The second kappa shape index (κ2) is 6.97. The second-order valence-electron chi connectivity index (χ2n) is 6.01. The Morgan fingerprint density at radius 1 is 1.15 bits per heavy atom. The van der Waals surface area contributed by atoms with E-state index >= 15 is 0 Å². The molecule has 1 heterocycles. The maximum atomic E-state index is 12.9. The topological polar surface area (TPSA) is 103 Å². The van der Waals surface area contributed by atoms with E-state index in [0.29, 0.717) is 29.9 Å². The number of rotatable bonds is 4. The molecule has 0 saturated heterocycles. The number of carbonyl (C=O) groups is 1. The van der Waals surface area contributed by atoms with Crippen LogP contribution in [0.5, 0.6) is 0 Å². The Hall–Kier alpha value is -3.19. The third-order valence-corrected chi connectivity index (χ3v) is 4.33. The number of ketones is 1. The molecule has 0 atom stereocenters. The summed E-state index contributed by atoms with van der Waals surface area (Å²) in [5, 5.41) is 9.75. The minimum Gasteiger partial charge on any atom is -0.504 e. The molecular formula is C19H20N4O3. The van der Waals surface area contributed by atoms with Crippen molar-refractivity contribution in [1.82, 2.24) is 9.36 Å². The molecule has 1 aliphatic carbocycles. The first-order chi connectivity index (χ1) is 12.4. The van der Waals surface area contributed by atoms with Gasteiger partial charge >= 0.3 is 0 Å². The molecule has 7 heteroatoms. The van der Waals surface area contributed by atoms with Crippen LogP contribution in [0.4, 0.5) is 5.69 Å². The van der Waals surface area contributed by atoms with Crippen LogP contribution in [0.3, 0.4) is 0 Å². The number of allylic oxidation sites excluding steroid dienone is 2. The van der Waals surface area contributed by atoms with Crippen LogP contribution >= 0.6 is 0 Å². The van der Waals surface area contributed by atoms with Gasteiger partial charge in [-0.1, -0.05) is 18.2 Å². The number of nitrogens with two attached hydrogens (primary N) is 1. The molecule has 0 radical (unpaired) electrons. The van der Waals surface area contributed by atoms with Crippen molar-refractivity contribution in [2.24, 2.45) is 17.8 Å². The summed E-state index contributed by atoms with van der Waals surface area (Å²) in [6.45, 7) is 2.12. The number of aliphatic imine (C=N–C) groups is 1. The fourth-order valence-corrected chi connectivity index (χ4v) is 2.86. The Morgan fingerprint density at radius 2 is 1.85 bits per heavy atom. The van der Waals surface area contributed by atoms with E-state index in [1.54, 1.807) is 18.7 Å². The van der Waals surface area contributed by atoms with Crippen LogP contribution in [0.1, 0.15) is 12.1 Å². The molecule has 1 aliphatic rings. The first-order valence-electron chi connectivity index (χ1n) is 8.22. The largest absolute Gasteiger partial charge is 0.504 e. The zero-order chi connectivity index (χ0) is 18.8. The summed E-state index contributed by atoms with van der Waals surface area (Å²) in [5.74, 6) is -0.889. The third kappa shape index (κ3) is 3.04. The maximum Gasteiger partial charge on any atom is 0.297 e. The van der Waals surface area contributed by atoms with Crippen LogP contribution in [-0.2, 0) is 11.8 Å². The monoisotopic (exact) mass is 352 g/mol. The van der Waals surface area contributed by atoms with Crippen molar-refractivity contribution >= 4 is 17.2 Å². The van der Waals surface area contributed by atoms with Crippen LogP contribution in [0.15, 0.2) is 63.6 Å². The molecule has 2 aromatic rings. The van der Waals surface area contributed by atoms with Gasteiger partial charge in [0.2, 0.25) is 5.78 Å². The van der Waals surface area contributed by atoms with Crippen LogP contribution < -0.4 is 11.3 Å². The molecule has 7 nitrogen and oxygen atoms in total. The minimum absolute atomic E-state index is 0.257. The van der Waals surface area contributed by atoms with Gasteiger partial charge in [-0.15, -0.1) is 0 Å². The highest BCUT2D eigenvalue weighted by atomic mass is 16.3. The summed E-state index contributed by atoms with van der Waals surface area (Å²) in [7, 11) is 1.78. The van der Waals surface area contributed by atoms with Gasteiger partial charge < -0.3 is 10.8 Å². The molecule has 26 heavy (non-hydrogen) atoms. The number of benzene rings is 1. The smallest absolute Gasteiger partial charge is 0.297 e. The Morgan fingerprint density at radius 3 is 2.50 bits per heavy atom. The molecule has 1 aromatic heterocycles. The molecule has 0 bridgehead atoms. The first kappa shape index (κ1) is 17.6. The van der Waals surface area contributed by atoms with Crippen LogP contribution in [0.2, 0.25) is 0 Å². The second-order valence-corrected chi connectivity index (χ2v) is 6.01. The lowest BCUT2D eigenvalue weighted by atomic mass is 9.98. The Kier molecular flexibility index (Phi) is 4.73. The van der Waals surface area contributed by atoms with Crippen LogP contribution in [0.25, 0.3) is 5.69 Å². The molecule has 3 rings (SSSR count). The number of nitrogens with zero attached hydrogens (tertiary/aromatic N) is 3. The van der Waals surface area contributed by atoms with Gasteiger partial charge in [0.05, 0.1) is 17.1 Å². The highest BCUT2D eigenvalue weighted by Crippen LogP contribution is 2.21. The van der Waals surface area contributed by atoms with Gasteiger partial charge in [0.25, 0.3) is 5.56 Å². The average Bonchev–Trinajstić information content (AvgIpc) is 2.83. The molecule has 134 valence electrons. The number of aliphatic hydroxyl groups is 1. The molecule has 1 aromatic carbocycles. The Labute approximate surface area is 150 Å². The number of para-hydroxylation sites is 1. The van der Waals surface area contributed by atoms with Crippen molar-refractivity contribution in [3.8, 4) is 5.69 Å². The highest BCUT2D eigenvalue weighted by molar-refractivity contribution is 6.21. The van der Waals surface area contributed by atoms with Gasteiger partial charge in [0.15, 0.2) is 11.4 Å². The van der Waals surface area contributed by atoms with E-state index in [0.717, 1.165) is 5.69 Å².